The Morgan fingerprint density at radius 1 is 1.24 bits per heavy atom. The van der Waals surface area contributed by atoms with Crippen molar-refractivity contribution in [3.8, 4) is 0 Å². The van der Waals surface area contributed by atoms with Crippen LogP contribution in [0.2, 0.25) is 0 Å². The van der Waals surface area contributed by atoms with Crippen molar-refractivity contribution in [2.24, 2.45) is 17.6 Å². The second-order valence-electron chi connectivity index (χ2n) is 5.40. The third-order valence-electron chi connectivity index (χ3n) is 4.40. The number of piperidine rings is 1. The van der Waals surface area contributed by atoms with Gasteiger partial charge in [0.2, 0.25) is 5.91 Å². The maximum absolute atomic E-state index is 12.5. The number of likely N-dealkylation sites (tertiary alicyclic amines) is 1. The molecule has 4 nitrogen and oxygen atoms in total. The Morgan fingerprint density at radius 3 is 2.76 bits per heavy atom. The molecule has 3 unspecified atom stereocenters. The first kappa shape index (κ1) is 12.8. The molecule has 0 aromatic carbocycles. The minimum absolute atomic E-state index is 0.0512. The summed E-state index contributed by atoms with van der Waals surface area (Å²) in [5.74, 6) is 0.729. The summed E-state index contributed by atoms with van der Waals surface area (Å²) in [7, 11) is 0. The molecule has 0 spiro atoms. The Balaban J connectivity index is 2.02. The average Bonchev–Trinajstić information content (AvgIpc) is 2.86. The van der Waals surface area contributed by atoms with E-state index < -0.39 is 0 Å². The Labute approximate surface area is 103 Å². The van der Waals surface area contributed by atoms with Gasteiger partial charge in [0.25, 0.3) is 0 Å². The number of nitrogens with zero attached hydrogens (tertiary/aromatic N) is 1. The predicted molar refractivity (Wildman–Crippen MR) is 66.3 cm³/mol. The van der Waals surface area contributed by atoms with Crippen molar-refractivity contribution in [3.05, 3.63) is 0 Å². The summed E-state index contributed by atoms with van der Waals surface area (Å²) in [5, 5.41) is 9.36. The number of hydrogen-bond acceptors (Lipinski definition) is 3. The Morgan fingerprint density at radius 2 is 2.06 bits per heavy atom. The Kier molecular flexibility index (Phi) is 4.40. The van der Waals surface area contributed by atoms with Crippen molar-refractivity contribution in [2.75, 3.05) is 19.7 Å². The summed E-state index contributed by atoms with van der Waals surface area (Å²) in [6, 6.07) is 0.0512. The van der Waals surface area contributed by atoms with Crippen molar-refractivity contribution in [3.63, 3.8) is 0 Å². The first-order chi connectivity index (χ1) is 8.27. The van der Waals surface area contributed by atoms with Crippen LogP contribution < -0.4 is 5.73 Å². The van der Waals surface area contributed by atoms with Crippen LogP contribution in [0.5, 0.6) is 0 Å². The standard InChI is InChI=1S/C13H24N2O2/c14-8-10-4-3-6-12(10)13(17)15-7-2-1-5-11(15)9-16/h10-12,16H,1-9,14H2. The zero-order chi connectivity index (χ0) is 12.3. The van der Waals surface area contributed by atoms with Crippen molar-refractivity contribution < 1.29 is 9.90 Å². The van der Waals surface area contributed by atoms with E-state index >= 15 is 0 Å². The minimum Gasteiger partial charge on any atom is -0.394 e. The molecule has 0 aromatic heterocycles. The summed E-state index contributed by atoms with van der Waals surface area (Å²) in [6.07, 6.45) is 6.33. The summed E-state index contributed by atoms with van der Waals surface area (Å²) in [5.41, 5.74) is 5.74. The maximum atomic E-state index is 12.5. The van der Waals surface area contributed by atoms with Gasteiger partial charge in [0, 0.05) is 12.5 Å². The van der Waals surface area contributed by atoms with Crippen LogP contribution >= 0.6 is 0 Å². The second kappa shape index (κ2) is 5.83. The van der Waals surface area contributed by atoms with Gasteiger partial charge in [-0.3, -0.25) is 4.79 Å². The molecule has 2 rings (SSSR count). The molecule has 1 aliphatic heterocycles. The first-order valence-corrected chi connectivity index (χ1v) is 6.89. The van der Waals surface area contributed by atoms with Gasteiger partial charge in [0.05, 0.1) is 12.6 Å². The molecule has 0 bridgehead atoms. The van der Waals surface area contributed by atoms with E-state index in [9.17, 15) is 9.90 Å². The van der Waals surface area contributed by atoms with Crippen LogP contribution in [0.1, 0.15) is 38.5 Å². The molecular weight excluding hydrogens is 216 g/mol. The van der Waals surface area contributed by atoms with E-state index in [0.29, 0.717) is 12.5 Å². The Hall–Kier alpha value is -0.610. The largest absolute Gasteiger partial charge is 0.394 e. The molecule has 0 radical (unpaired) electrons. The number of aliphatic hydroxyl groups excluding tert-OH is 1. The molecule has 1 amide bonds. The van der Waals surface area contributed by atoms with Crippen LogP contribution in [0.25, 0.3) is 0 Å². The van der Waals surface area contributed by atoms with Crippen LogP contribution in [-0.2, 0) is 4.79 Å². The lowest BCUT2D eigenvalue weighted by molar-refractivity contribution is -0.141. The molecule has 1 saturated carbocycles. The number of amides is 1. The van der Waals surface area contributed by atoms with E-state index in [1.807, 2.05) is 4.90 Å². The van der Waals surface area contributed by atoms with Gasteiger partial charge in [0.15, 0.2) is 0 Å². The molecule has 3 atom stereocenters. The van der Waals surface area contributed by atoms with E-state index in [4.69, 9.17) is 5.73 Å². The molecule has 1 saturated heterocycles. The summed E-state index contributed by atoms with van der Waals surface area (Å²) in [4.78, 5) is 14.4. The average molecular weight is 240 g/mol. The fourth-order valence-electron chi connectivity index (χ4n) is 3.34. The number of aliphatic hydroxyl groups is 1. The fourth-order valence-corrected chi connectivity index (χ4v) is 3.34. The molecule has 17 heavy (non-hydrogen) atoms. The number of rotatable bonds is 3. The van der Waals surface area contributed by atoms with Gasteiger partial charge in [-0.2, -0.15) is 0 Å². The highest BCUT2D eigenvalue weighted by Gasteiger charge is 2.37. The van der Waals surface area contributed by atoms with Gasteiger partial charge in [0.1, 0.15) is 0 Å². The lowest BCUT2D eigenvalue weighted by Gasteiger charge is -2.37. The number of nitrogens with two attached hydrogens (primary N) is 1. The van der Waals surface area contributed by atoms with Crippen molar-refractivity contribution in [1.82, 2.24) is 4.90 Å². The zero-order valence-electron chi connectivity index (χ0n) is 10.5. The molecule has 4 heteroatoms. The first-order valence-electron chi connectivity index (χ1n) is 6.89. The molecule has 1 heterocycles. The predicted octanol–water partition coefficient (Wildman–Crippen LogP) is 0.735. The molecule has 98 valence electrons. The summed E-state index contributed by atoms with van der Waals surface area (Å²) < 4.78 is 0. The van der Waals surface area contributed by atoms with Crippen molar-refractivity contribution >= 4 is 5.91 Å². The highest BCUT2D eigenvalue weighted by Crippen LogP contribution is 2.33. The van der Waals surface area contributed by atoms with Crippen LogP contribution in [0.3, 0.4) is 0 Å². The third-order valence-corrected chi connectivity index (χ3v) is 4.40. The van der Waals surface area contributed by atoms with E-state index in [1.165, 1.54) is 0 Å². The maximum Gasteiger partial charge on any atom is 0.226 e. The van der Waals surface area contributed by atoms with Gasteiger partial charge in [-0.05, 0) is 44.6 Å². The van der Waals surface area contributed by atoms with Crippen LogP contribution in [0, 0.1) is 11.8 Å². The third kappa shape index (κ3) is 2.63. The fraction of sp³-hybridized carbons (Fsp3) is 0.923. The molecule has 3 N–H and O–H groups in total. The highest BCUT2D eigenvalue weighted by molar-refractivity contribution is 5.80. The highest BCUT2D eigenvalue weighted by atomic mass is 16.3. The monoisotopic (exact) mass is 240 g/mol. The van der Waals surface area contributed by atoms with Gasteiger partial charge in [-0.25, -0.2) is 0 Å². The Bertz CT molecular complexity index is 270. The molecule has 2 fully saturated rings. The minimum atomic E-state index is 0.0512. The molecule has 2 aliphatic rings. The lowest BCUT2D eigenvalue weighted by Crippen LogP contribution is -2.49. The van der Waals surface area contributed by atoms with Crippen LogP contribution in [-0.4, -0.2) is 41.7 Å². The molecule has 1 aliphatic carbocycles. The van der Waals surface area contributed by atoms with Crippen LogP contribution in [0.4, 0.5) is 0 Å². The van der Waals surface area contributed by atoms with Gasteiger partial charge < -0.3 is 15.7 Å². The number of hydrogen-bond donors (Lipinski definition) is 2. The SMILES string of the molecule is NCC1CCCC1C(=O)N1CCCCC1CO. The number of carbonyl (C=O) groups is 1. The van der Waals surface area contributed by atoms with E-state index in [0.717, 1.165) is 45.1 Å². The van der Waals surface area contributed by atoms with Gasteiger partial charge >= 0.3 is 0 Å². The van der Waals surface area contributed by atoms with E-state index in [1.54, 1.807) is 0 Å². The van der Waals surface area contributed by atoms with Crippen molar-refractivity contribution in [2.45, 2.75) is 44.6 Å². The second-order valence-corrected chi connectivity index (χ2v) is 5.40. The molecular formula is C13H24N2O2. The quantitative estimate of drug-likeness (QED) is 0.764. The van der Waals surface area contributed by atoms with Crippen LogP contribution in [0.15, 0.2) is 0 Å². The summed E-state index contributed by atoms with van der Waals surface area (Å²) >= 11 is 0. The number of carbonyl (C=O) groups excluding carboxylic acids is 1. The van der Waals surface area contributed by atoms with E-state index in [2.05, 4.69) is 0 Å². The van der Waals surface area contributed by atoms with Crippen molar-refractivity contribution in [1.29, 1.82) is 0 Å². The van der Waals surface area contributed by atoms with Gasteiger partial charge in [-0.1, -0.05) is 6.42 Å². The zero-order valence-corrected chi connectivity index (χ0v) is 10.5. The lowest BCUT2D eigenvalue weighted by atomic mass is 9.92. The van der Waals surface area contributed by atoms with Gasteiger partial charge in [-0.15, -0.1) is 0 Å². The normalized spacial score (nSPS) is 34.0. The summed E-state index contributed by atoms with van der Waals surface area (Å²) in [6.45, 7) is 1.54. The van der Waals surface area contributed by atoms with E-state index in [-0.39, 0.29) is 24.5 Å². The smallest absolute Gasteiger partial charge is 0.226 e. The molecule has 0 aromatic rings. The topological polar surface area (TPSA) is 66.6 Å².